The molecule has 0 fully saturated rings. The van der Waals surface area contributed by atoms with Crippen LogP contribution in [0.15, 0.2) is 28.8 Å². The third kappa shape index (κ3) is 1.86. The molecule has 2 aromatic rings. The van der Waals surface area contributed by atoms with Gasteiger partial charge in [0.15, 0.2) is 0 Å². The third-order valence-corrected chi connectivity index (χ3v) is 2.76. The van der Waals surface area contributed by atoms with Crippen molar-refractivity contribution in [2.75, 3.05) is 0 Å². The maximum atomic E-state index is 5.81. The average Bonchev–Trinajstić information content (AvgIpc) is 2.59. The van der Waals surface area contributed by atoms with Gasteiger partial charge in [-0.3, -0.25) is 0 Å². The lowest BCUT2D eigenvalue weighted by Gasteiger charge is -2.06. The number of hydrogen-bond donors (Lipinski definition) is 1. The zero-order valence-corrected chi connectivity index (χ0v) is 9.82. The molecule has 0 saturated carbocycles. The number of aromatic nitrogens is 1. The SMILES string of the molecule is Cc1noc(C)c1-c1ccc([C@H](C)N)cc1. The highest BCUT2D eigenvalue weighted by Crippen LogP contribution is 2.27. The second-order valence-electron chi connectivity index (χ2n) is 4.11. The Hall–Kier alpha value is -1.61. The van der Waals surface area contributed by atoms with Crippen LogP contribution < -0.4 is 5.73 Å². The minimum atomic E-state index is 0.0683. The number of hydrogen-bond acceptors (Lipinski definition) is 3. The van der Waals surface area contributed by atoms with E-state index in [-0.39, 0.29) is 6.04 Å². The van der Waals surface area contributed by atoms with Crippen molar-refractivity contribution < 1.29 is 4.52 Å². The van der Waals surface area contributed by atoms with Gasteiger partial charge in [0, 0.05) is 11.6 Å². The molecule has 2 rings (SSSR count). The van der Waals surface area contributed by atoms with Gasteiger partial charge in [0.2, 0.25) is 0 Å². The molecule has 0 saturated heterocycles. The summed E-state index contributed by atoms with van der Waals surface area (Å²) >= 11 is 0. The minimum absolute atomic E-state index is 0.0683. The quantitative estimate of drug-likeness (QED) is 0.839. The highest BCUT2D eigenvalue weighted by molar-refractivity contribution is 5.67. The Morgan fingerprint density at radius 3 is 2.25 bits per heavy atom. The Balaban J connectivity index is 2.42. The van der Waals surface area contributed by atoms with Crippen LogP contribution in [0.5, 0.6) is 0 Å². The molecule has 3 nitrogen and oxygen atoms in total. The fraction of sp³-hybridized carbons (Fsp3) is 0.308. The number of nitrogens with zero attached hydrogens (tertiary/aromatic N) is 1. The lowest BCUT2D eigenvalue weighted by molar-refractivity contribution is 0.393. The number of benzene rings is 1. The van der Waals surface area contributed by atoms with Crippen LogP contribution in [0.4, 0.5) is 0 Å². The van der Waals surface area contributed by atoms with Gasteiger partial charge < -0.3 is 10.3 Å². The first-order valence-electron chi connectivity index (χ1n) is 5.38. The van der Waals surface area contributed by atoms with Gasteiger partial charge in [-0.1, -0.05) is 29.4 Å². The molecule has 0 aliphatic heterocycles. The molecule has 0 aliphatic rings. The molecule has 1 heterocycles. The van der Waals surface area contributed by atoms with E-state index in [4.69, 9.17) is 10.3 Å². The summed E-state index contributed by atoms with van der Waals surface area (Å²) in [6.07, 6.45) is 0. The minimum Gasteiger partial charge on any atom is -0.361 e. The van der Waals surface area contributed by atoms with Crippen LogP contribution in [-0.4, -0.2) is 5.16 Å². The van der Waals surface area contributed by atoms with E-state index in [0.29, 0.717) is 0 Å². The summed E-state index contributed by atoms with van der Waals surface area (Å²) in [7, 11) is 0. The monoisotopic (exact) mass is 216 g/mol. The standard InChI is InChI=1S/C13H16N2O/c1-8(14)11-4-6-12(7-5-11)13-9(2)15-16-10(13)3/h4-8H,14H2,1-3H3/t8-/m0/s1. The Morgan fingerprint density at radius 1 is 1.19 bits per heavy atom. The first kappa shape index (κ1) is 10.9. The zero-order chi connectivity index (χ0) is 11.7. The topological polar surface area (TPSA) is 52.0 Å². The highest BCUT2D eigenvalue weighted by atomic mass is 16.5. The zero-order valence-electron chi connectivity index (χ0n) is 9.82. The van der Waals surface area contributed by atoms with E-state index in [1.54, 1.807) is 0 Å². The summed E-state index contributed by atoms with van der Waals surface area (Å²) in [6, 6.07) is 8.28. The lowest BCUT2D eigenvalue weighted by Crippen LogP contribution is -2.04. The summed E-state index contributed by atoms with van der Waals surface area (Å²) in [5.74, 6) is 0.853. The van der Waals surface area contributed by atoms with Crippen LogP contribution in [0, 0.1) is 13.8 Å². The van der Waals surface area contributed by atoms with Crippen LogP contribution in [0.1, 0.15) is 30.0 Å². The van der Waals surface area contributed by atoms with Crippen LogP contribution in [0.3, 0.4) is 0 Å². The molecule has 0 amide bonds. The average molecular weight is 216 g/mol. The molecular weight excluding hydrogens is 200 g/mol. The van der Waals surface area contributed by atoms with Crippen LogP contribution in [0.2, 0.25) is 0 Å². The molecule has 0 radical (unpaired) electrons. The predicted octanol–water partition coefficient (Wildman–Crippen LogP) is 2.98. The van der Waals surface area contributed by atoms with Gasteiger partial charge in [-0.2, -0.15) is 0 Å². The molecular formula is C13H16N2O. The lowest BCUT2D eigenvalue weighted by atomic mass is 10.0. The summed E-state index contributed by atoms with van der Waals surface area (Å²) in [4.78, 5) is 0. The van der Waals surface area contributed by atoms with E-state index < -0.39 is 0 Å². The summed E-state index contributed by atoms with van der Waals surface area (Å²) in [5, 5.41) is 3.95. The van der Waals surface area contributed by atoms with E-state index in [0.717, 1.165) is 28.1 Å². The van der Waals surface area contributed by atoms with Crippen molar-refractivity contribution in [3.8, 4) is 11.1 Å². The molecule has 1 atom stereocenters. The van der Waals surface area contributed by atoms with Crippen molar-refractivity contribution in [1.82, 2.24) is 5.16 Å². The largest absolute Gasteiger partial charge is 0.361 e. The van der Waals surface area contributed by atoms with E-state index >= 15 is 0 Å². The van der Waals surface area contributed by atoms with Crippen LogP contribution in [0.25, 0.3) is 11.1 Å². The van der Waals surface area contributed by atoms with E-state index in [9.17, 15) is 0 Å². The maximum Gasteiger partial charge on any atom is 0.141 e. The summed E-state index contributed by atoms with van der Waals surface area (Å²) in [6.45, 7) is 5.85. The van der Waals surface area contributed by atoms with Crippen LogP contribution in [-0.2, 0) is 0 Å². The molecule has 1 aromatic carbocycles. The van der Waals surface area contributed by atoms with Crippen molar-refractivity contribution in [3.63, 3.8) is 0 Å². The maximum absolute atomic E-state index is 5.81. The van der Waals surface area contributed by atoms with Crippen LogP contribution >= 0.6 is 0 Å². The summed E-state index contributed by atoms with van der Waals surface area (Å²) < 4.78 is 5.15. The second-order valence-corrected chi connectivity index (χ2v) is 4.11. The Bertz CT molecular complexity index is 464. The molecule has 16 heavy (non-hydrogen) atoms. The second kappa shape index (κ2) is 4.10. The molecule has 2 N–H and O–H groups in total. The number of aryl methyl sites for hydroxylation is 2. The molecule has 0 aliphatic carbocycles. The Kier molecular flexibility index (Phi) is 2.79. The van der Waals surface area contributed by atoms with E-state index in [2.05, 4.69) is 17.3 Å². The fourth-order valence-electron chi connectivity index (χ4n) is 1.85. The van der Waals surface area contributed by atoms with Crippen molar-refractivity contribution in [2.45, 2.75) is 26.8 Å². The molecule has 84 valence electrons. The Morgan fingerprint density at radius 2 is 1.81 bits per heavy atom. The van der Waals surface area contributed by atoms with Crippen molar-refractivity contribution in [3.05, 3.63) is 41.3 Å². The number of nitrogens with two attached hydrogens (primary N) is 1. The van der Waals surface area contributed by atoms with Gasteiger partial charge in [-0.15, -0.1) is 0 Å². The Labute approximate surface area is 95.3 Å². The third-order valence-electron chi connectivity index (χ3n) is 2.76. The molecule has 0 spiro atoms. The molecule has 3 heteroatoms. The fourth-order valence-corrected chi connectivity index (χ4v) is 1.85. The normalized spacial score (nSPS) is 12.8. The van der Waals surface area contributed by atoms with Gasteiger partial charge in [0.1, 0.15) is 5.76 Å². The molecule has 0 bridgehead atoms. The van der Waals surface area contributed by atoms with Gasteiger partial charge in [-0.05, 0) is 31.9 Å². The van der Waals surface area contributed by atoms with Gasteiger partial charge in [-0.25, -0.2) is 0 Å². The van der Waals surface area contributed by atoms with Crippen molar-refractivity contribution in [2.24, 2.45) is 5.73 Å². The van der Waals surface area contributed by atoms with Gasteiger partial charge in [0.25, 0.3) is 0 Å². The highest BCUT2D eigenvalue weighted by Gasteiger charge is 2.11. The number of rotatable bonds is 2. The first-order chi connectivity index (χ1) is 7.59. The smallest absolute Gasteiger partial charge is 0.141 e. The van der Waals surface area contributed by atoms with Gasteiger partial charge in [0.05, 0.1) is 5.69 Å². The van der Waals surface area contributed by atoms with Gasteiger partial charge >= 0.3 is 0 Å². The van der Waals surface area contributed by atoms with Crippen molar-refractivity contribution in [1.29, 1.82) is 0 Å². The van der Waals surface area contributed by atoms with Crippen molar-refractivity contribution >= 4 is 0 Å². The summed E-state index contributed by atoms with van der Waals surface area (Å²) in [5.41, 5.74) is 10.1. The molecule has 1 aromatic heterocycles. The van der Waals surface area contributed by atoms with E-state index in [1.165, 1.54) is 0 Å². The first-order valence-corrected chi connectivity index (χ1v) is 5.38. The predicted molar refractivity (Wildman–Crippen MR) is 64.0 cm³/mol. The molecule has 0 unspecified atom stereocenters. The van der Waals surface area contributed by atoms with E-state index in [1.807, 2.05) is 32.9 Å².